The van der Waals surface area contributed by atoms with E-state index >= 15 is 0 Å². The van der Waals surface area contributed by atoms with E-state index in [4.69, 9.17) is 14.6 Å². The lowest BCUT2D eigenvalue weighted by Gasteiger charge is -2.46. The summed E-state index contributed by atoms with van der Waals surface area (Å²) in [6, 6.07) is -1.18. The fourth-order valence-corrected chi connectivity index (χ4v) is 2.54. The van der Waals surface area contributed by atoms with Crippen LogP contribution in [0.1, 0.15) is 26.7 Å². The number of hydrogen-bond donors (Lipinski definition) is 6. The maximum absolute atomic E-state index is 11.6. The van der Waals surface area contributed by atoms with Crippen molar-refractivity contribution in [3.8, 4) is 0 Å². The van der Waals surface area contributed by atoms with E-state index in [2.05, 4.69) is 5.32 Å². The third kappa shape index (κ3) is 4.62. The van der Waals surface area contributed by atoms with Gasteiger partial charge in [-0.3, -0.25) is 4.79 Å². The molecule has 24 heavy (non-hydrogen) atoms. The van der Waals surface area contributed by atoms with Crippen LogP contribution in [0.15, 0.2) is 0 Å². The lowest BCUT2D eigenvalue weighted by molar-refractivity contribution is -0.311. The highest BCUT2D eigenvalue weighted by Gasteiger charge is 2.55. The second kappa shape index (κ2) is 8.70. The van der Waals surface area contributed by atoms with Crippen LogP contribution < -0.4 is 5.32 Å². The summed E-state index contributed by atoms with van der Waals surface area (Å²) in [4.78, 5) is 22.9. The predicted molar refractivity (Wildman–Crippen MR) is 78.8 cm³/mol. The summed E-state index contributed by atoms with van der Waals surface area (Å²) < 4.78 is 10.6. The summed E-state index contributed by atoms with van der Waals surface area (Å²) in [6.07, 6.45) is -6.34. The molecule has 1 rings (SSSR count). The van der Waals surface area contributed by atoms with E-state index in [1.807, 2.05) is 0 Å². The van der Waals surface area contributed by atoms with E-state index in [9.17, 15) is 30.0 Å². The van der Waals surface area contributed by atoms with Crippen LogP contribution >= 0.6 is 0 Å². The summed E-state index contributed by atoms with van der Waals surface area (Å²) in [5.41, 5.74) is 0. The molecule has 0 aliphatic carbocycles. The Balaban J connectivity index is 3.16. The van der Waals surface area contributed by atoms with Crippen molar-refractivity contribution in [1.29, 1.82) is 0 Å². The Bertz CT molecular complexity index is 446. The molecule has 1 heterocycles. The third-order valence-corrected chi connectivity index (χ3v) is 3.73. The van der Waals surface area contributed by atoms with Crippen LogP contribution in [0, 0.1) is 0 Å². The van der Waals surface area contributed by atoms with Crippen LogP contribution in [-0.4, -0.2) is 86.9 Å². The summed E-state index contributed by atoms with van der Waals surface area (Å²) in [5.74, 6) is -4.28. The number of rotatable bonds is 8. The zero-order valence-electron chi connectivity index (χ0n) is 13.6. The van der Waals surface area contributed by atoms with E-state index in [0.717, 1.165) is 0 Å². The van der Waals surface area contributed by atoms with Crippen molar-refractivity contribution in [2.75, 3.05) is 13.2 Å². The molecule has 6 N–H and O–H groups in total. The lowest BCUT2D eigenvalue weighted by atomic mass is 9.88. The number of carbonyl (C=O) groups excluding carboxylic acids is 1. The number of ether oxygens (including phenoxy) is 2. The number of aliphatic hydroxyl groups excluding tert-OH is 4. The molecule has 140 valence electrons. The average Bonchev–Trinajstić information content (AvgIpc) is 2.53. The normalized spacial score (nSPS) is 32.8. The quantitative estimate of drug-likeness (QED) is 0.278. The first kappa shape index (κ1) is 20.7. The smallest absolute Gasteiger partial charge is 0.364 e. The lowest BCUT2D eigenvalue weighted by Crippen LogP contribution is -2.67. The number of hydrogen-bond acceptors (Lipinski definition) is 8. The molecule has 0 aromatic carbocycles. The first-order valence-corrected chi connectivity index (χ1v) is 7.65. The minimum Gasteiger partial charge on any atom is -0.477 e. The first-order valence-electron chi connectivity index (χ1n) is 7.65. The van der Waals surface area contributed by atoms with Crippen LogP contribution in [0.3, 0.4) is 0 Å². The molecule has 0 saturated carbocycles. The van der Waals surface area contributed by atoms with Gasteiger partial charge in [-0.2, -0.15) is 0 Å². The molecule has 10 nitrogen and oxygen atoms in total. The standard InChI is InChI=1S/C14H25NO9/c1-3-4-23-14(13(21)22)5-8(18)10(15-7(2)17)12(24-14)11(20)9(19)6-16/h8-12,16,18-20H,3-6H2,1-2H3,(H,15,17)(H,21,22)/t8-,9+,10+,11+,12+,14+/m0/s1. The summed E-state index contributed by atoms with van der Waals surface area (Å²) in [7, 11) is 0. The van der Waals surface area contributed by atoms with Gasteiger partial charge >= 0.3 is 5.97 Å². The molecule has 1 fully saturated rings. The number of carbonyl (C=O) groups is 2. The minimum absolute atomic E-state index is 0.0230. The van der Waals surface area contributed by atoms with Gasteiger partial charge in [0.05, 0.1) is 25.4 Å². The Morgan fingerprint density at radius 1 is 1.42 bits per heavy atom. The fourth-order valence-electron chi connectivity index (χ4n) is 2.54. The molecule has 0 unspecified atom stereocenters. The van der Waals surface area contributed by atoms with Crippen LogP contribution in [0.5, 0.6) is 0 Å². The number of carboxylic acid groups (broad SMARTS) is 1. The van der Waals surface area contributed by atoms with Crippen LogP contribution in [0.2, 0.25) is 0 Å². The SMILES string of the molecule is CCCO[C@]1(C(=O)O)C[C@H](O)[C@@H](NC(C)=O)[C@H]([C@H](O)[C@H](O)CO)O1. The van der Waals surface area contributed by atoms with Crippen molar-refractivity contribution >= 4 is 11.9 Å². The molecule has 10 heteroatoms. The molecular weight excluding hydrogens is 326 g/mol. The Morgan fingerprint density at radius 2 is 2.04 bits per heavy atom. The minimum atomic E-state index is -2.23. The van der Waals surface area contributed by atoms with E-state index in [1.165, 1.54) is 6.92 Å². The van der Waals surface area contributed by atoms with Gasteiger partial charge in [0.25, 0.3) is 5.79 Å². The van der Waals surface area contributed by atoms with Crippen molar-refractivity contribution < 1.29 is 44.6 Å². The second-order valence-electron chi connectivity index (χ2n) is 5.73. The highest BCUT2D eigenvalue weighted by atomic mass is 16.7. The molecule has 6 atom stereocenters. The Labute approximate surface area is 139 Å². The van der Waals surface area contributed by atoms with Gasteiger partial charge in [0, 0.05) is 13.3 Å². The van der Waals surface area contributed by atoms with Crippen molar-refractivity contribution in [3.63, 3.8) is 0 Å². The largest absolute Gasteiger partial charge is 0.477 e. The van der Waals surface area contributed by atoms with Crippen LogP contribution in [0.25, 0.3) is 0 Å². The first-order chi connectivity index (χ1) is 11.2. The van der Waals surface area contributed by atoms with Crippen molar-refractivity contribution in [3.05, 3.63) is 0 Å². The number of nitrogens with one attached hydrogen (secondary N) is 1. The van der Waals surface area contributed by atoms with E-state index < -0.39 is 61.1 Å². The molecule has 1 aliphatic rings. The average molecular weight is 351 g/mol. The highest BCUT2D eigenvalue weighted by Crippen LogP contribution is 2.33. The monoisotopic (exact) mass is 351 g/mol. The van der Waals surface area contributed by atoms with Gasteiger partial charge in [-0.25, -0.2) is 4.79 Å². The van der Waals surface area contributed by atoms with Crippen molar-refractivity contribution in [2.24, 2.45) is 0 Å². The van der Waals surface area contributed by atoms with Gasteiger partial charge in [0.15, 0.2) is 0 Å². The maximum Gasteiger partial charge on any atom is 0.364 e. The van der Waals surface area contributed by atoms with Crippen LogP contribution in [0.4, 0.5) is 0 Å². The molecule has 0 bridgehead atoms. The molecule has 0 aromatic rings. The van der Waals surface area contributed by atoms with E-state index in [0.29, 0.717) is 6.42 Å². The van der Waals surface area contributed by atoms with Crippen molar-refractivity contribution in [2.45, 2.75) is 62.9 Å². The maximum atomic E-state index is 11.6. The Hall–Kier alpha value is -1.30. The summed E-state index contributed by atoms with van der Waals surface area (Å²) in [6.45, 7) is 2.12. The van der Waals surface area contributed by atoms with Gasteiger partial charge in [-0.1, -0.05) is 6.92 Å². The number of amides is 1. The summed E-state index contributed by atoms with van der Waals surface area (Å²) >= 11 is 0. The molecular formula is C14H25NO9. The molecule has 1 amide bonds. The molecule has 0 aromatic heterocycles. The number of aliphatic hydroxyl groups is 4. The highest BCUT2D eigenvalue weighted by molar-refractivity contribution is 5.76. The Morgan fingerprint density at radius 3 is 2.50 bits per heavy atom. The molecule has 1 aliphatic heterocycles. The zero-order valence-corrected chi connectivity index (χ0v) is 13.6. The third-order valence-electron chi connectivity index (χ3n) is 3.73. The van der Waals surface area contributed by atoms with Crippen LogP contribution in [-0.2, 0) is 19.1 Å². The van der Waals surface area contributed by atoms with Gasteiger partial charge in [-0.15, -0.1) is 0 Å². The van der Waals surface area contributed by atoms with E-state index in [1.54, 1.807) is 6.92 Å². The molecule has 0 spiro atoms. The summed E-state index contributed by atoms with van der Waals surface area (Å²) in [5, 5.41) is 50.9. The molecule has 0 radical (unpaired) electrons. The topological polar surface area (TPSA) is 166 Å². The van der Waals surface area contributed by atoms with Gasteiger partial charge < -0.3 is 40.3 Å². The van der Waals surface area contributed by atoms with Gasteiger partial charge in [0.1, 0.15) is 18.3 Å². The number of carboxylic acids is 1. The fraction of sp³-hybridized carbons (Fsp3) is 0.857. The van der Waals surface area contributed by atoms with Gasteiger partial charge in [0.2, 0.25) is 5.91 Å². The Kier molecular flexibility index (Phi) is 7.52. The van der Waals surface area contributed by atoms with Gasteiger partial charge in [-0.05, 0) is 6.42 Å². The zero-order chi connectivity index (χ0) is 18.5. The predicted octanol–water partition coefficient (Wildman–Crippen LogP) is -2.44. The molecule has 1 saturated heterocycles. The van der Waals surface area contributed by atoms with E-state index in [-0.39, 0.29) is 6.61 Å². The van der Waals surface area contributed by atoms with Crippen molar-refractivity contribution in [1.82, 2.24) is 5.32 Å². The number of aliphatic carboxylic acids is 1. The second-order valence-corrected chi connectivity index (χ2v) is 5.73.